The lowest BCUT2D eigenvalue weighted by Gasteiger charge is -2.09. The zero-order chi connectivity index (χ0) is 19.1. The van der Waals surface area contributed by atoms with E-state index in [0.29, 0.717) is 11.3 Å². The van der Waals surface area contributed by atoms with Crippen molar-refractivity contribution < 1.29 is 23.6 Å². The van der Waals surface area contributed by atoms with E-state index in [1.165, 1.54) is 36.4 Å². The molecule has 0 atom stereocenters. The molecule has 0 bridgehead atoms. The minimum Gasteiger partial charge on any atom is -0.477 e. The largest absolute Gasteiger partial charge is 0.477 e. The van der Waals surface area contributed by atoms with Gasteiger partial charge in [0.05, 0.1) is 11.5 Å². The predicted octanol–water partition coefficient (Wildman–Crippen LogP) is 2.18. The predicted molar refractivity (Wildman–Crippen MR) is 91.4 cm³/mol. The normalized spacial score (nSPS) is 10.1. The van der Waals surface area contributed by atoms with Crippen LogP contribution in [0.1, 0.15) is 5.56 Å². The summed E-state index contributed by atoms with van der Waals surface area (Å²) in [6, 6.07) is 9.51. The summed E-state index contributed by atoms with van der Waals surface area (Å²) in [6.45, 7) is 0.895. The molecular formula is C17H16FN3O5. The van der Waals surface area contributed by atoms with Crippen molar-refractivity contribution in [2.75, 3.05) is 18.5 Å². The summed E-state index contributed by atoms with van der Waals surface area (Å²) < 4.78 is 17.9. The molecule has 26 heavy (non-hydrogen) atoms. The number of nitrogens with zero attached hydrogens (tertiary/aromatic N) is 1. The van der Waals surface area contributed by atoms with Gasteiger partial charge < -0.3 is 15.4 Å². The van der Waals surface area contributed by atoms with Crippen LogP contribution in [-0.4, -0.2) is 29.9 Å². The number of hydrogen-bond donors (Lipinski definition) is 2. The SMILES string of the molecule is Cc1ccc(OCC(=O)NCC(=O)Nc2ccc(F)cc2)c([N+](=O)[O-])c1. The third kappa shape index (κ3) is 5.55. The van der Waals surface area contributed by atoms with Crippen LogP contribution in [0.4, 0.5) is 15.8 Å². The molecule has 0 aliphatic heterocycles. The van der Waals surface area contributed by atoms with E-state index in [2.05, 4.69) is 10.6 Å². The Balaban J connectivity index is 1.81. The highest BCUT2D eigenvalue weighted by Crippen LogP contribution is 2.27. The van der Waals surface area contributed by atoms with Crippen LogP contribution in [0.2, 0.25) is 0 Å². The zero-order valence-corrected chi connectivity index (χ0v) is 13.8. The van der Waals surface area contributed by atoms with Gasteiger partial charge in [0, 0.05) is 11.8 Å². The minimum absolute atomic E-state index is 0.0356. The van der Waals surface area contributed by atoms with E-state index in [1.54, 1.807) is 13.0 Å². The number of anilines is 1. The van der Waals surface area contributed by atoms with E-state index in [9.17, 15) is 24.1 Å². The molecule has 0 saturated carbocycles. The van der Waals surface area contributed by atoms with E-state index in [0.717, 1.165) is 0 Å². The first-order chi connectivity index (χ1) is 12.3. The van der Waals surface area contributed by atoms with Gasteiger partial charge in [-0.15, -0.1) is 0 Å². The summed E-state index contributed by atoms with van der Waals surface area (Å²) in [5.41, 5.74) is 0.829. The molecule has 2 aromatic rings. The average Bonchev–Trinajstić information content (AvgIpc) is 2.60. The molecule has 0 aromatic heterocycles. The van der Waals surface area contributed by atoms with Gasteiger partial charge in [0.1, 0.15) is 5.82 Å². The molecule has 0 aliphatic carbocycles. The van der Waals surface area contributed by atoms with Crippen molar-refractivity contribution in [2.24, 2.45) is 0 Å². The van der Waals surface area contributed by atoms with Crippen molar-refractivity contribution in [3.63, 3.8) is 0 Å². The Bertz CT molecular complexity index is 824. The molecule has 9 heteroatoms. The molecule has 2 aromatic carbocycles. The molecule has 0 fully saturated rings. The topological polar surface area (TPSA) is 111 Å². The lowest BCUT2D eigenvalue weighted by molar-refractivity contribution is -0.385. The van der Waals surface area contributed by atoms with Gasteiger partial charge in [-0.3, -0.25) is 19.7 Å². The molecule has 0 heterocycles. The third-order valence-corrected chi connectivity index (χ3v) is 3.24. The number of carbonyl (C=O) groups excluding carboxylic acids is 2. The van der Waals surface area contributed by atoms with E-state index in [4.69, 9.17) is 4.74 Å². The first kappa shape index (κ1) is 18.8. The van der Waals surface area contributed by atoms with Crippen LogP contribution in [-0.2, 0) is 9.59 Å². The maximum atomic E-state index is 12.8. The molecule has 136 valence electrons. The standard InChI is InChI=1S/C17H16FN3O5/c1-11-2-7-15(14(8-11)21(24)25)26-10-17(23)19-9-16(22)20-13-5-3-12(18)4-6-13/h2-8H,9-10H2,1H3,(H,19,23)(H,20,22). The average molecular weight is 361 g/mol. The first-order valence-corrected chi connectivity index (χ1v) is 7.55. The number of aryl methyl sites for hydroxylation is 1. The van der Waals surface area contributed by atoms with Crippen molar-refractivity contribution in [3.05, 3.63) is 64.0 Å². The minimum atomic E-state index is -0.617. The van der Waals surface area contributed by atoms with Crippen LogP contribution in [0.3, 0.4) is 0 Å². The number of benzene rings is 2. The number of ether oxygens (including phenoxy) is 1. The van der Waals surface area contributed by atoms with Crippen LogP contribution < -0.4 is 15.4 Å². The molecule has 0 saturated heterocycles. The fourth-order valence-corrected chi connectivity index (χ4v) is 2.00. The van der Waals surface area contributed by atoms with E-state index >= 15 is 0 Å². The van der Waals surface area contributed by atoms with Gasteiger partial charge in [-0.2, -0.15) is 0 Å². The highest BCUT2D eigenvalue weighted by molar-refractivity contribution is 5.94. The summed E-state index contributed by atoms with van der Waals surface area (Å²) in [7, 11) is 0. The number of rotatable bonds is 7. The molecule has 0 radical (unpaired) electrons. The second-order valence-electron chi connectivity index (χ2n) is 5.35. The summed E-state index contributed by atoms with van der Waals surface area (Å²) in [5.74, 6) is -1.59. The Morgan fingerprint density at radius 3 is 2.50 bits per heavy atom. The summed E-state index contributed by atoms with van der Waals surface area (Å²) in [6.07, 6.45) is 0. The van der Waals surface area contributed by atoms with Crippen LogP contribution in [0.5, 0.6) is 5.75 Å². The highest BCUT2D eigenvalue weighted by Gasteiger charge is 2.16. The van der Waals surface area contributed by atoms with E-state index in [-0.39, 0.29) is 18.0 Å². The molecule has 0 aliphatic rings. The van der Waals surface area contributed by atoms with Crippen LogP contribution in [0.15, 0.2) is 42.5 Å². The summed E-state index contributed by atoms with van der Waals surface area (Å²) in [4.78, 5) is 33.8. The lowest BCUT2D eigenvalue weighted by Crippen LogP contribution is -2.35. The second kappa shape index (κ2) is 8.56. The number of nitro benzene ring substituents is 1. The summed E-state index contributed by atoms with van der Waals surface area (Å²) in [5, 5.41) is 15.8. The van der Waals surface area contributed by atoms with Gasteiger partial charge in [-0.1, -0.05) is 6.07 Å². The van der Waals surface area contributed by atoms with Gasteiger partial charge in [0.15, 0.2) is 12.4 Å². The lowest BCUT2D eigenvalue weighted by atomic mass is 10.2. The molecule has 0 unspecified atom stereocenters. The summed E-state index contributed by atoms with van der Waals surface area (Å²) >= 11 is 0. The smallest absolute Gasteiger partial charge is 0.311 e. The van der Waals surface area contributed by atoms with Crippen LogP contribution >= 0.6 is 0 Å². The van der Waals surface area contributed by atoms with Crippen molar-refractivity contribution >= 4 is 23.2 Å². The van der Waals surface area contributed by atoms with Crippen molar-refractivity contribution in [2.45, 2.75) is 6.92 Å². The molecule has 2 amide bonds. The van der Waals surface area contributed by atoms with Crippen molar-refractivity contribution in [1.29, 1.82) is 0 Å². The number of carbonyl (C=O) groups is 2. The van der Waals surface area contributed by atoms with E-state index < -0.39 is 29.2 Å². The van der Waals surface area contributed by atoms with Crippen molar-refractivity contribution in [1.82, 2.24) is 5.32 Å². The molecular weight excluding hydrogens is 345 g/mol. The number of amides is 2. The Morgan fingerprint density at radius 2 is 1.85 bits per heavy atom. The highest BCUT2D eigenvalue weighted by atomic mass is 19.1. The maximum absolute atomic E-state index is 12.8. The molecule has 2 N–H and O–H groups in total. The van der Waals surface area contributed by atoms with Crippen LogP contribution in [0, 0.1) is 22.9 Å². The zero-order valence-electron chi connectivity index (χ0n) is 13.8. The third-order valence-electron chi connectivity index (χ3n) is 3.24. The Hall–Kier alpha value is -3.49. The fourth-order valence-electron chi connectivity index (χ4n) is 2.00. The molecule has 2 rings (SSSR count). The Labute approximate surface area is 148 Å². The van der Waals surface area contributed by atoms with Gasteiger partial charge >= 0.3 is 5.69 Å². The number of halogens is 1. The van der Waals surface area contributed by atoms with Crippen molar-refractivity contribution in [3.8, 4) is 5.75 Å². The second-order valence-corrected chi connectivity index (χ2v) is 5.35. The Morgan fingerprint density at radius 1 is 1.15 bits per heavy atom. The number of hydrogen-bond acceptors (Lipinski definition) is 5. The van der Waals surface area contributed by atoms with Gasteiger partial charge in [0.25, 0.3) is 5.91 Å². The first-order valence-electron chi connectivity index (χ1n) is 7.55. The van der Waals surface area contributed by atoms with Gasteiger partial charge in [0.2, 0.25) is 5.91 Å². The monoisotopic (exact) mass is 361 g/mol. The maximum Gasteiger partial charge on any atom is 0.311 e. The number of nitrogens with one attached hydrogen (secondary N) is 2. The quantitative estimate of drug-likeness (QED) is 0.580. The fraction of sp³-hybridized carbons (Fsp3) is 0.176. The Kier molecular flexibility index (Phi) is 6.20. The van der Waals surface area contributed by atoms with Crippen LogP contribution in [0.25, 0.3) is 0 Å². The molecule has 0 spiro atoms. The number of nitro groups is 1. The van der Waals surface area contributed by atoms with Gasteiger partial charge in [-0.05, 0) is 42.8 Å². The van der Waals surface area contributed by atoms with Gasteiger partial charge in [-0.25, -0.2) is 4.39 Å². The van der Waals surface area contributed by atoms with E-state index in [1.807, 2.05) is 0 Å². The molecule has 8 nitrogen and oxygen atoms in total.